The quantitative estimate of drug-likeness (QED) is 0.359. The van der Waals surface area contributed by atoms with Crippen LogP contribution < -0.4 is 10.6 Å². The topological polar surface area (TPSA) is 161 Å². The minimum absolute atomic E-state index is 0.0444. The van der Waals surface area contributed by atoms with Gasteiger partial charge in [-0.1, -0.05) is 0 Å². The van der Waals surface area contributed by atoms with E-state index in [9.17, 15) is 24.3 Å². The number of hydrogen-bond acceptors (Lipinski definition) is 5. The van der Waals surface area contributed by atoms with Gasteiger partial charge in [-0.3, -0.25) is 14.4 Å². The van der Waals surface area contributed by atoms with Crippen LogP contribution in [-0.2, 0) is 25.6 Å². The van der Waals surface area contributed by atoms with Crippen LogP contribution in [0.5, 0.6) is 0 Å². The maximum Gasteiger partial charge on any atom is 0.326 e. The molecular weight excluding hydrogens is 332 g/mol. The van der Waals surface area contributed by atoms with Crippen molar-refractivity contribution in [3.63, 3.8) is 0 Å². The normalized spacial score (nSPS) is 12.8. The summed E-state index contributed by atoms with van der Waals surface area (Å²) in [6.45, 7) is 1.35. The Hall–Kier alpha value is -2.91. The van der Waals surface area contributed by atoms with Crippen LogP contribution >= 0.6 is 0 Å². The summed E-state index contributed by atoms with van der Waals surface area (Å²) < 4.78 is 0. The van der Waals surface area contributed by atoms with E-state index in [-0.39, 0.29) is 32.2 Å². The predicted octanol–water partition coefficient (Wildman–Crippen LogP) is -0.471. The number of rotatable bonds is 11. The Kier molecular flexibility index (Phi) is 8.10. The van der Waals surface area contributed by atoms with Crippen molar-refractivity contribution < 1.29 is 29.4 Å². The summed E-state index contributed by atoms with van der Waals surface area (Å²) >= 11 is 0. The molecule has 1 heterocycles. The molecule has 0 aromatic carbocycles. The van der Waals surface area contributed by atoms with E-state index in [4.69, 9.17) is 5.11 Å². The van der Waals surface area contributed by atoms with Gasteiger partial charge in [0.15, 0.2) is 0 Å². The van der Waals surface area contributed by atoms with Gasteiger partial charge in [0.1, 0.15) is 6.04 Å². The fourth-order valence-electron chi connectivity index (χ4n) is 2.23. The smallest absolute Gasteiger partial charge is 0.326 e. The molecule has 0 aliphatic carbocycles. The molecular formula is C15H22N4O6. The van der Waals surface area contributed by atoms with Crippen LogP contribution in [0, 0.1) is 5.92 Å². The summed E-state index contributed by atoms with van der Waals surface area (Å²) in [5.74, 6) is -3.75. The van der Waals surface area contributed by atoms with Crippen molar-refractivity contribution >= 4 is 23.8 Å². The Morgan fingerprint density at radius 1 is 1.20 bits per heavy atom. The molecule has 0 fully saturated rings. The molecule has 2 unspecified atom stereocenters. The Morgan fingerprint density at radius 3 is 2.44 bits per heavy atom. The van der Waals surface area contributed by atoms with Gasteiger partial charge < -0.3 is 25.8 Å². The summed E-state index contributed by atoms with van der Waals surface area (Å²) in [4.78, 5) is 51.5. The van der Waals surface area contributed by atoms with Gasteiger partial charge in [0.25, 0.3) is 0 Å². The number of carboxylic acid groups (broad SMARTS) is 2. The van der Waals surface area contributed by atoms with Crippen molar-refractivity contribution in [2.75, 3.05) is 6.54 Å². The zero-order valence-corrected chi connectivity index (χ0v) is 13.8. The molecule has 0 spiro atoms. The number of H-pyrrole nitrogens is 1. The highest BCUT2D eigenvalue weighted by Crippen LogP contribution is 2.10. The third-order valence-corrected chi connectivity index (χ3v) is 3.52. The Balaban J connectivity index is 2.35. The van der Waals surface area contributed by atoms with Crippen LogP contribution in [-0.4, -0.2) is 56.5 Å². The Morgan fingerprint density at radius 2 is 1.92 bits per heavy atom. The molecule has 138 valence electrons. The predicted molar refractivity (Wildman–Crippen MR) is 85.5 cm³/mol. The molecule has 0 aliphatic heterocycles. The van der Waals surface area contributed by atoms with Crippen molar-refractivity contribution in [1.82, 2.24) is 20.6 Å². The van der Waals surface area contributed by atoms with Crippen molar-refractivity contribution in [2.24, 2.45) is 5.92 Å². The molecule has 2 atom stereocenters. The van der Waals surface area contributed by atoms with E-state index >= 15 is 0 Å². The molecule has 0 saturated heterocycles. The molecule has 2 amide bonds. The molecule has 0 radical (unpaired) electrons. The maximum atomic E-state index is 11.7. The van der Waals surface area contributed by atoms with Gasteiger partial charge in [-0.2, -0.15) is 0 Å². The number of carboxylic acids is 2. The lowest BCUT2D eigenvalue weighted by atomic mass is 10.00. The monoisotopic (exact) mass is 354 g/mol. The van der Waals surface area contributed by atoms with Crippen molar-refractivity contribution in [2.45, 2.75) is 38.6 Å². The standard InChI is InChI=1S/C15H22N4O6/c1-9(20)19-12(15(24)25)2-3-13(21)17-5-4-10(14(22)23)6-11-7-16-8-18-11/h7-8,10,12H,2-6H2,1H3,(H,16,18)(H,17,21)(H,19,20)(H,22,23)(H,24,25). The SMILES string of the molecule is CC(=O)NC(CCC(=O)NCCC(Cc1cnc[nH]1)C(=O)O)C(=O)O. The minimum atomic E-state index is -1.21. The molecule has 0 aliphatic rings. The fraction of sp³-hybridized carbons (Fsp3) is 0.533. The Bertz CT molecular complexity index is 601. The number of aliphatic carboxylic acids is 2. The van der Waals surface area contributed by atoms with Gasteiger partial charge in [-0.15, -0.1) is 0 Å². The lowest BCUT2D eigenvalue weighted by molar-refractivity contribution is -0.142. The van der Waals surface area contributed by atoms with E-state index in [0.29, 0.717) is 5.69 Å². The first-order valence-electron chi connectivity index (χ1n) is 7.76. The van der Waals surface area contributed by atoms with E-state index in [1.54, 1.807) is 6.20 Å². The van der Waals surface area contributed by atoms with Gasteiger partial charge in [-0.25, -0.2) is 9.78 Å². The molecule has 1 aromatic rings. The van der Waals surface area contributed by atoms with E-state index in [0.717, 1.165) is 0 Å². The van der Waals surface area contributed by atoms with Crippen LogP contribution in [0.15, 0.2) is 12.5 Å². The van der Waals surface area contributed by atoms with E-state index in [2.05, 4.69) is 20.6 Å². The third kappa shape index (κ3) is 7.95. The summed E-state index contributed by atoms with van der Waals surface area (Å²) in [6, 6.07) is -1.13. The highest BCUT2D eigenvalue weighted by molar-refractivity contribution is 5.83. The first kappa shape index (κ1) is 20.1. The summed E-state index contributed by atoms with van der Waals surface area (Å²) in [5.41, 5.74) is 0.693. The van der Waals surface area contributed by atoms with Crippen LogP contribution in [0.4, 0.5) is 0 Å². The lowest BCUT2D eigenvalue weighted by Crippen LogP contribution is -2.40. The number of hydrogen-bond donors (Lipinski definition) is 5. The third-order valence-electron chi connectivity index (χ3n) is 3.52. The molecule has 25 heavy (non-hydrogen) atoms. The van der Waals surface area contributed by atoms with Crippen LogP contribution in [0.3, 0.4) is 0 Å². The van der Waals surface area contributed by atoms with Gasteiger partial charge in [-0.05, 0) is 12.8 Å². The number of amides is 2. The zero-order chi connectivity index (χ0) is 18.8. The van der Waals surface area contributed by atoms with E-state index in [1.165, 1.54) is 13.3 Å². The average Bonchev–Trinajstić information content (AvgIpc) is 3.02. The second kappa shape index (κ2) is 10.1. The fourth-order valence-corrected chi connectivity index (χ4v) is 2.23. The highest BCUT2D eigenvalue weighted by atomic mass is 16.4. The molecule has 1 rings (SSSR count). The minimum Gasteiger partial charge on any atom is -0.481 e. The number of carbonyl (C=O) groups excluding carboxylic acids is 2. The van der Waals surface area contributed by atoms with Crippen molar-refractivity contribution in [3.8, 4) is 0 Å². The maximum absolute atomic E-state index is 11.7. The first-order valence-corrected chi connectivity index (χ1v) is 7.76. The van der Waals surface area contributed by atoms with Crippen molar-refractivity contribution in [3.05, 3.63) is 18.2 Å². The van der Waals surface area contributed by atoms with Crippen LogP contribution in [0.1, 0.15) is 31.9 Å². The van der Waals surface area contributed by atoms with Crippen molar-refractivity contribution in [1.29, 1.82) is 0 Å². The Labute approximate surface area is 144 Å². The summed E-state index contributed by atoms with van der Waals surface area (Å²) in [5, 5.41) is 23.0. The molecule has 0 bridgehead atoms. The highest BCUT2D eigenvalue weighted by Gasteiger charge is 2.21. The molecule has 1 aromatic heterocycles. The number of aromatic nitrogens is 2. The van der Waals surface area contributed by atoms with E-state index in [1.807, 2.05) is 0 Å². The second-order valence-electron chi connectivity index (χ2n) is 5.58. The zero-order valence-electron chi connectivity index (χ0n) is 13.8. The molecule has 5 N–H and O–H groups in total. The van der Waals surface area contributed by atoms with Gasteiger partial charge in [0, 0.05) is 38.2 Å². The van der Waals surface area contributed by atoms with Crippen LogP contribution in [0.2, 0.25) is 0 Å². The van der Waals surface area contributed by atoms with E-state index < -0.39 is 35.7 Å². The molecule has 10 heteroatoms. The summed E-state index contributed by atoms with van der Waals surface area (Å²) in [6.07, 6.45) is 3.38. The second-order valence-corrected chi connectivity index (χ2v) is 5.58. The molecule has 0 saturated carbocycles. The number of nitrogens with one attached hydrogen (secondary N) is 3. The van der Waals surface area contributed by atoms with Gasteiger partial charge >= 0.3 is 11.9 Å². The average molecular weight is 354 g/mol. The number of imidazole rings is 1. The van der Waals surface area contributed by atoms with Crippen LogP contribution in [0.25, 0.3) is 0 Å². The molecule has 10 nitrogen and oxygen atoms in total. The lowest BCUT2D eigenvalue weighted by Gasteiger charge is -2.14. The number of aromatic amines is 1. The number of carbonyl (C=O) groups is 4. The number of nitrogens with zero attached hydrogens (tertiary/aromatic N) is 1. The van der Waals surface area contributed by atoms with Gasteiger partial charge in [0.05, 0.1) is 12.2 Å². The largest absolute Gasteiger partial charge is 0.481 e. The first-order chi connectivity index (χ1) is 11.8. The summed E-state index contributed by atoms with van der Waals surface area (Å²) in [7, 11) is 0. The van der Waals surface area contributed by atoms with Gasteiger partial charge in [0.2, 0.25) is 11.8 Å².